The molecule has 0 bridgehead atoms. The first-order chi connectivity index (χ1) is 17.0. The number of ether oxygens (including phenoxy) is 3. The number of aromatic nitrogens is 1. The van der Waals surface area contributed by atoms with Gasteiger partial charge in [-0.15, -0.1) is 11.3 Å². The number of hydrogen-bond acceptors (Lipinski definition) is 8. The molecule has 35 heavy (non-hydrogen) atoms. The number of carbonyl (C=O) groups excluding carboxylic acids is 3. The first-order valence-corrected chi connectivity index (χ1v) is 11.7. The second-order valence-corrected chi connectivity index (χ2v) is 9.24. The van der Waals surface area contributed by atoms with Crippen LogP contribution in [0.25, 0.3) is 21.5 Å². The number of pyridine rings is 1. The van der Waals surface area contributed by atoms with Crippen molar-refractivity contribution in [1.29, 1.82) is 0 Å². The number of thiophene rings is 1. The van der Waals surface area contributed by atoms with Crippen molar-refractivity contribution < 1.29 is 28.6 Å². The fraction of sp³-hybridized carbons (Fsp3) is 0.120. The number of nitrogens with one attached hydrogen (secondary N) is 1. The monoisotopic (exact) mass is 508 g/mol. The van der Waals surface area contributed by atoms with Gasteiger partial charge < -0.3 is 14.2 Å². The molecule has 1 unspecified atom stereocenters. The van der Waals surface area contributed by atoms with Crippen molar-refractivity contribution in [3.8, 4) is 22.1 Å². The van der Waals surface area contributed by atoms with Crippen LogP contribution in [0.3, 0.4) is 0 Å². The molecular formula is C25H17ClN2O6S. The molecule has 2 amide bonds. The van der Waals surface area contributed by atoms with Gasteiger partial charge in [-0.3, -0.25) is 14.9 Å². The van der Waals surface area contributed by atoms with Crippen LogP contribution in [0.1, 0.15) is 10.4 Å². The molecule has 0 saturated heterocycles. The Balaban J connectivity index is 1.26. The van der Waals surface area contributed by atoms with Gasteiger partial charge >= 0.3 is 5.97 Å². The Labute approximate surface area is 208 Å². The maximum atomic E-state index is 12.9. The van der Waals surface area contributed by atoms with Crippen LogP contribution >= 0.6 is 22.9 Å². The van der Waals surface area contributed by atoms with Crippen molar-refractivity contribution in [3.05, 3.63) is 76.6 Å². The first-order valence-electron chi connectivity index (χ1n) is 10.5. The summed E-state index contributed by atoms with van der Waals surface area (Å²) >= 11 is 7.38. The number of para-hydroxylation sites is 3. The average molecular weight is 509 g/mol. The highest BCUT2D eigenvalue weighted by molar-refractivity contribution is 7.19. The lowest BCUT2D eigenvalue weighted by Gasteiger charge is -2.25. The van der Waals surface area contributed by atoms with Crippen molar-refractivity contribution in [2.24, 2.45) is 0 Å². The second kappa shape index (κ2) is 9.73. The minimum atomic E-state index is -1.01. The molecule has 2 aromatic carbocycles. The fourth-order valence-electron chi connectivity index (χ4n) is 3.53. The number of benzene rings is 2. The topological polar surface area (TPSA) is 104 Å². The molecule has 4 aromatic rings. The third-order valence-corrected chi connectivity index (χ3v) is 6.41. The summed E-state index contributed by atoms with van der Waals surface area (Å²) in [5.41, 5.74) is 1.40. The highest BCUT2D eigenvalue weighted by Gasteiger charge is 2.28. The van der Waals surface area contributed by atoms with Gasteiger partial charge in [-0.1, -0.05) is 41.9 Å². The zero-order chi connectivity index (χ0) is 24.4. The Bertz CT molecular complexity index is 1450. The van der Waals surface area contributed by atoms with Gasteiger partial charge in [0.05, 0.1) is 26.0 Å². The molecule has 8 nitrogen and oxygen atoms in total. The van der Waals surface area contributed by atoms with E-state index in [9.17, 15) is 14.4 Å². The molecule has 1 N–H and O–H groups in total. The molecule has 10 heteroatoms. The Morgan fingerprint density at radius 3 is 2.63 bits per heavy atom. The lowest BCUT2D eigenvalue weighted by molar-refractivity contribution is -0.137. The summed E-state index contributed by atoms with van der Waals surface area (Å²) in [6.07, 6.45) is -1.01. The summed E-state index contributed by atoms with van der Waals surface area (Å²) in [4.78, 5) is 43.0. The van der Waals surface area contributed by atoms with E-state index in [0.717, 1.165) is 4.88 Å². The average Bonchev–Trinajstić information content (AvgIpc) is 3.32. The molecule has 0 radical (unpaired) electrons. The van der Waals surface area contributed by atoms with E-state index in [1.807, 2.05) is 12.1 Å². The van der Waals surface area contributed by atoms with Gasteiger partial charge in [0.15, 0.2) is 18.1 Å². The highest BCUT2D eigenvalue weighted by Crippen LogP contribution is 2.33. The van der Waals surface area contributed by atoms with Crippen molar-refractivity contribution >= 4 is 51.6 Å². The number of carbonyl (C=O) groups is 3. The summed E-state index contributed by atoms with van der Waals surface area (Å²) in [7, 11) is 0. The molecule has 0 aliphatic carbocycles. The maximum absolute atomic E-state index is 12.9. The lowest BCUT2D eigenvalue weighted by Crippen LogP contribution is -2.47. The molecule has 1 aliphatic heterocycles. The largest absolute Gasteiger partial charge is 0.485 e. The van der Waals surface area contributed by atoms with Crippen molar-refractivity contribution in [2.75, 3.05) is 13.2 Å². The summed E-state index contributed by atoms with van der Waals surface area (Å²) in [5.74, 6) is -1.27. The number of halogens is 1. The van der Waals surface area contributed by atoms with E-state index < -0.39 is 30.5 Å². The lowest BCUT2D eigenvalue weighted by atomic mass is 10.1. The van der Waals surface area contributed by atoms with Crippen LogP contribution in [0.2, 0.25) is 4.34 Å². The van der Waals surface area contributed by atoms with Gasteiger partial charge in [-0.05, 0) is 36.4 Å². The van der Waals surface area contributed by atoms with Gasteiger partial charge in [0.1, 0.15) is 6.61 Å². The normalized spacial score (nSPS) is 14.4. The van der Waals surface area contributed by atoms with E-state index in [1.165, 1.54) is 11.3 Å². The van der Waals surface area contributed by atoms with E-state index in [0.29, 0.717) is 32.4 Å². The molecule has 176 valence electrons. The Hall–Kier alpha value is -3.95. The summed E-state index contributed by atoms with van der Waals surface area (Å²) in [6, 6.07) is 19.2. The summed E-state index contributed by atoms with van der Waals surface area (Å²) in [5, 5.41) is 2.75. The number of hydrogen-bond donors (Lipinski definition) is 1. The van der Waals surface area contributed by atoms with Gasteiger partial charge in [0, 0.05) is 5.39 Å². The smallest absolute Gasteiger partial charge is 0.339 e. The maximum Gasteiger partial charge on any atom is 0.339 e. The zero-order valence-electron chi connectivity index (χ0n) is 18.0. The molecule has 3 heterocycles. The predicted octanol–water partition coefficient (Wildman–Crippen LogP) is 4.26. The van der Waals surface area contributed by atoms with Crippen molar-refractivity contribution in [1.82, 2.24) is 10.3 Å². The minimum absolute atomic E-state index is 0.0472. The molecule has 0 saturated carbocycles. The Morgan fingerprint density at radius 1 is 1.06 bits per heavy atom. The molecule has 0 fully saturated rings. The molecular weight excluding hydrogens is 492 g/mol. The molecule has 0 spiro atoms. The number of esters is 1. The summed E-state index contributed by atoms with van der Waals surface area (Å²) in [6.45, 7) is -0.694. The van der Waals surface area contributed by atoms with Crippen LogP contribution in [0, 0.1) is 0 Å². The molecule has 2 aromatic heterocycles. The number of amides is 2. The van der Waals surface area contributed by atoms with Crippen LogP contribution in [-0.4, -0.2) is 42.1 Å². The standard InChI is InChI=1S/C25H17ClN2O6S/c26-22-10-9-21(35-22)17-11-15(14-5-1-2-6-16(14)27-17)25(31)33-13-23(29)28-24(30)20-12-32-18-7-3-4-8-19(18)34-20/h1-11,20H,12-13H2,(H,28,29,30). The number of fused-ring (bicyclic) bond motifs is 2. The van der Waals surface area contributed by atoms with E-state index in [2.05, 4.69) is 10.3 Å². The Morgan fingerprint density at radius 2 is 1.83 bits per heavy atom. The van der Waals surface area contributed by atoms with Gasteiger partial charge in [-0.2, -0.15) is 0 Å². The van der Waals surface area contributed by atoms with Gasteiger partial charge in [0.25, 0.3) is 11.8 Å². The van der Waals surface area contributed by atoms with E-state index in [4.69, 9.17) is 25.8 Å². The SMILES string of the molecule is O=C(COC(=O)c1cc(-c2ccc(Cl)s2)nc2ccccc12)NC(=O)C1COc2ccccc2O1. The minimum Gasteiger partial charge on any atom is -0.485 e. The summed E-state index contributed by atoms with van der Waals surface area (Å²) < 4.78 is 16.9. The van der Waals surface area contributed by atoms with Gasteiger partial charge in [0.2, 0.25) is 6.10 Å². The van der Waals surface area contributed by atoms with Crippen LogP contribution < -0.4 is 14.8 Å². The predicted molar refractivity (Wildman–Crippen MR) is 130 cm³/mol. The van der Waals surface area contributed by atoms with Crippen LogP contribution in [-0.2, 0) is 14.3 Å². The molecule has 1 aliphatic rings. The van der Waals surface area contributed by atoms with E-state index in [-0.39, 0.29) is 12.2 Å². The third kappa shape index (κ3) is 4.96. The fourth-order valence-corrected chi connectivity index (χ4v) is 4.54. The van der Waals surface area contributed by atoms with E-state index >= 15 is 0 Å². The quantitative estimate of drug-likeness (QED) is 0.402. The highest BCUT2D eigenvalue weighted by atomic mass is 35.5. The van der Waals surface area contributed by atoms with E-state index in [1.54, 1.807) is 54.6 Å². The first kappa shape index (κ1) is 22.8. The number of imide groups is 1. The molecule has 5 rings (SSSR count). The van der Waals surface area contributed by atoms with Crippen LogP contribution in [0.4, 0.5) is 0 Å². The number of rotatable bonds is 5. The second-order valence-electron chi connectivity index (χ2n) is 7.53. The van der Waals surface area contributed by atoms with Crippen LogP contribution in [0.15, 0.2) is 66.7 Å². The van der Waals surface area contributed by atoms with Crippen LogP contribution in [0.5, 0.6) is 11.5 Å². The van der Waals surface area contributed by atoms with Gasteiger partial charge in [-0.25, -0.2) is 9.78 Å². The van der Waals surface area contributed by atoms with Crippen molar-refractivity contribution in [2.45, 2.75) is 6.10 Å². The zero-order valence-corrected chi connectivity index (χ0v) is 19.6. The number of nitrogens with zero attached hydrogens (tertiary/aromatic N) is 1. The van der Waals surface area contributed by atoms with Crippen molar-refractivity contribution in [3.63, 3.8) is 0 Å². The Kier molecular flexibility index (Phi) is 6.35. The molecule has 1 atom stereocenters. The third-order valence-electron chi connectivity index (χ3n) is 5.16.